The Morgan fingerprint density at radius 1 is 0.417 bits per heavy atom. The van der Waals surface area contributed by atoms with Crippen molar-refractivity contribution in [2.24, 2.45) is 0 Å². The van der Waals surface area contributed by atoms with Gasteiger partial charge in [0.25, 0.3) is 0 Å². The number of carbonyl (C=O) groups is 4. The second kappa shape index (κ2) is 16.9. The summed E-state index contributed by atoms with van der Waals surface area (Å²) in [5.74, 6) is -3.84. The van der Waals surface area contributed by atoms with Crippen LogP contribution in [0.25, 0.3) is 22.3 Å². The van der Waals surface area contributed by atoms with Crippen molar-refractivity contribution in [3.63, 3.8) is 0 Å². The molecule has 244 valence electrons. The van der Waals surface area contributed by atoms with Gasteiger partial charge in [0.15, 0.2) is 0 Å². The number of rotatable bonds is 12. The first-order chi connectivity index (χ1) is 22.9. The molecule has 0 aliphatic rings. The Morgan fingerprint density at radius 3 is 0.792 bits per heavy atom. The number of allylic oxidation sites excluding steroid dienone is 6. The average Bonchev–Trinajstić information content (AvgIpc) is 3.09. The third-order valence-corrected chi connectivity index (χ3v) is 7.71. The molecule has 48 heavy (non-hydrogen) atoms. The summed E-state index contributed by atoms with van der Waals surface area (Å²) >= 11 is 0. The summed E-state index contributed by atoms with van der Waals surface area (Å²) < 4.78 is 0. The summed E-state index contributed by atoms with van der Waals surface area (Å²) in [6, 6.07) is 26.7. The highest BCUT2D eigenvalue weighted by atomic mass is 16.4. The van der Waals surface area contributed by atoms with Crippen molar-refractivity contribution in [1.82, 2.24) is 0 Å². The summed E-state index contributed by atoms with van der Waals surface area (Å²) in [4.78, 5) is 43.9. The van der Waals surface area contributed by atoms with Crippen LogP contribution in [-0.4, -0.2) is 44.3 Å². The molecule has 0 aliphatic heterocycles. The van der Waals surface area contributed by atoms with E-state index in [9.17, 15) is 19.2 Å². The van der Waals surface area contributed by atoms with Gasteiger partial charge in [0.05, 0.1) is 22.3 Å². The zero-order valence-electron chi connectivity index (χ0n) is 26.6. The summed E-state index contributed by atoms with van der Waals surface area (Å²) in [6.07, 6.45) is 4.76. The number of hydrogen-bond acceptors (Lipinski definition) is 4. The molecular formula is C40H36O8. The zero-order valence-corrected chi connectivity index (χ0v) is 26.6. The van der Waals surface area contributed by atoms with Gasteiger partial charge in [-0.15, -0.1) is 13.2 Å². The Morgan fingerprint density at radius 2 is 0.604 bits per heavy atom. The van der Waals surface area contributed by atoms with Crippen molar-refractivity contribution >= 4 is 46.2 Å². The van der Waals surface area contributed by atoms with Crippen LogP contribution >= 0.6 is 0 Å². The van der Waals surface area contributed by atoms with E-state index in [1.54, 1.807) is 109 Å². The van der Waals surface area contributed by atoms with Crippen LogP contribution < -0.4 is 0 Å². The van der Waals surface area contributed by atoms with E-state index in [1.807, 2.05) is 13.8 Å². The van der Waals surface area contributed by atoms with Gasteiger partial charge in [-0.25, -0.2) is 19.2 Å². The Kier molecular flexibility index (Phi) is 12.7. The molecule has 0 bridgehead atoms. The Bertz CT molecular complexity index is 1740. The molecule has 8 heteroatoms. The molecule has 0 radical (unpaired) electrons. The van der Waals surface area contributed by atoms with Crippen molar-refractivity contribution in [3.05, 3.63) is 167 Å². The van der Waals surface area contributed by atoms with E-state index in [4.69, 9.17) is 20.4 Å². The molecule has 4 rings (SSSR count). The molecule has 0 saturated heterocycles. The molecule has 0 amide bonds. The van der Waals surface area contributed by atoms with Gasteiger partial charge >= 0.3 is 23.9 Å². The predicted octanol–water partition coefficient (Wildman–Crippen LogP) is 9.18. The van der Waals surface area contributed by atoms with E-state index < -0.39 is 23.9 Å². The quantitative estimate of drug-likeness (QED) is 0.0881. The molecular weight excluding hydrogens is 608 g/mol. The van der Waals surface area contributed by atoms with Crippen LogP contribution in [0.5, 0.6) is 0 Å². The van der Waals surface area contributed by atoms with E-state index in [0.717, 1.165) is 44.5 Å². The summed E-state index contributed by atoms with van der Waals surface area (Å²) in [5, 5.41) is 36.0. The minimum atomic E-state index is -0.971. The molecule has 0 fully saturated rings. The summed E-state index contributed by atoms with van der Waals surface area (Å²) in [5.41, 5.74) is 8.64. The highest BCUT2D eigenvalue weighted by Crippen LogP contribution is 2.33. The highest BCUT2D eigenvalue weighted by Gasteiger charge is 2.13. The lowest BCUT2D eigenvalue weighted by atomic mass is 9.89. The zero-order chi connectivity index (χ0) is 35.4. The molecule has 0 unspecified atom stereocenters. The molecule has 0 aromatic heterocycles. The Hall–Kier alpha value is -6.28. The molecule has 0 aliphatic carbocycles. The fraction of sp³-hybridized carbons (Fsp3) is 0.100. The van der Waals surface area contributed by atoms with E-state index in [0.29, 0.717) is 12.8 Å². The first-order valence-electron chi connectivity index (χ1n) is 14.8. The normalized spacial score (nSPS) is 11.5. The van der Waals surface area contributed by atoms with Gasteiger partial charge in [0.2, 0.25) is 0 Å². The number of hydrogen-bond donors (Lipinski definition) is 4. The standard InChI is InChI=1S/C22H20O4.C18H16O4/c1-3-5-19(15-7-11-17(12-8-15)21(23)24)20(6-4-2)16-9-13-18(14-10-16)22(25)26;1-11(13-3-7-15(8-4-13)17(19)20)12(2)14-5-9-16(10-6-14)18(21)22/h3-4,7-14H,1-2,5-6H2,(H,23,24)(H,25,26);3-10H,1-2H3,(H,19,20)(H,21,22). The molecule has 8 nitrogen and oxygen atoms in total. The molecule has 0 atom stereocenters. The van der Waals surface area contributed by atoms with Crippen molar-refractivity contribution in [2.45, 2.75) is 26.7 Å². The predicted molar refractivity (Wildman–Crippen MR) is 188 cm³/mol. The highest BCUT2D eigenvalue weighted by molar-refractivity contribution is 5.95. The molecule has 0 spiro atoms. The summed E-state index contributed by atoms with van der Waals surface area (Å²) in [6.45, 7) is 11.5. The smallest absolute Gasteiger partial charge is 0.335 e. The van der Waals surface area contributed by atoms with E-state index >= 15 is 0 Å². The Balaban J connectivity index is 0.000000264. The lowest BCUT2D eigenvalue weighted by Gasteiger charge is -2.15. The number of carboxylic acid groups (broad SMARTS) is 4. The first kappa shape index (κ1) is 36.2. The van der Waals surface area contributed by atoms with Crippen LogP contribution in [0.4, 0.5) is 0 Å². The largest absolute Gasteiger partial charge is 0.478 e. The van der Waals surface area contributed by atoms with Crippen LogP contribution in [0.15, 0.2) is 122 Å². The fourth-order valence-corrected chi connectivity index (χ4v) is 4.91. The number of carboxylic acids is 4. The maximum absolute atomic E-state index is 11.1. The molecule has 4 aromatic rings. The van der Waals surface area contributed by atoms with Gasteiger partial charge in [-0.05, 0) is 120 Å². The topological polar surface area (TPSA) is 149 Å². The fourth-order valence-electron chi connectivity index (χ4n) is 4.91. The van der Waals surface area contributed by atoms with Crippen molar-refractivity contribution in [1.29, 1.82) is 0 Å². The van der Waals surface area contributed by atoms with Crippen molar-refractivity contribution < 1.29 is 39.6 Å². The van der Waals surface area contributed by atoms with Crippen molar-refractivity contribution in [3.8, 4) is 0 Å². The second-order valence-electron chi connectivity index (χ2n) is 10.7. The van der Waals surface area contributed by atoms with E-state index in [1.165, 1.54) is 0 Å². The number of benzene rings is 4. The second-order valence-corrected chi connectivity index (χ2v) is 10.7. The van der Waals surface area contributed by atoms with Crippen LogP contribution in [-0.2, 0) is 0 Å². The van der Waals surface area contributed by atoms with Crippen LogP contribution in [0.1, 0.15) is 90.4 Å². The average molecular weight is 645 g/mol. The molecule has 4 aromatic carbocycles. The minimum absolute atomic E-state index is 0.225. The van der Waals surface area contributed by atoms with Gasteiger partial charge in [0.1, 0.15) is 0 Å². The van der Waals surface area contributed by atoms with Crippen LogP contribution in [0, 0.1) is 0 Å². The minimum Gasteiger partial charge on any atom is -0.478 e. The SMILES string of the molecule is C=CCC(=C(CC=C)c1ccc(C(=O)O)cc1)c1ccc(C(=O)O)cc1.CC(=C(C)c1ccc(C(=O)O)cc1)c1ccc(C(=O)O)cc1. The maximum atomic E-state index is 11.1. The van der Waals surface area contributed by atoms with Gasteiger partial charge in [-0.2, -0.15) is 0 Å². The number of aromatic carboxylic acids is 4. The molecule has 0 heterocycles. The Labute approximate surface area is 279 Å². The van der Waals surface area contributed by atoms with Crippen molar-refractivity contribution in [2.75, 3.05) is 0 Å². The summed E-state index contributed by atoms with van der Waals surface area (Å²) in [7, 11) is 0. The molecule has 4 N–H and O–H groups in total. The monoisotopic (exact) mass is 644 g/mol. The first-order valence-corrected chi connectivity index (χ1v) is 14.8. The lowest BCUT2D eigenvalue weighted by Crippen LogP contribution is -1.98. The van der Waals surface area contributed by atoms with Gasteiger partial charge in [-0.1, -0.05) is 60.7 Å². The van der Waals surface area contributed by atoms with Gasteiger partial charge in [0, 0.05) is 0 Å². The molecule has 0 saturated carbocycles. The van der Waals surface area contributed by atoms with Gasteiger partial charge < -0.3 is 20.4 Å². The third kappa shape index (κ3) is 9.37. The maximum Gasteiger partial charge on any atom is 0.335 e. The van der Waals surface area contributed by atoms with E-state index in [-0.39, 0.29) is 22.3 Å². The van der Waals surface area contributed by atoms with Gasteiger partial charge in [-0.3, -0.25) is 0 Å². The van der Waals surface area contributed by atoms with Crippen LogP contribution in [0.2, 0.25) is 0 Å². The van der Waals surface area contributed by atoms with E-state index in [2.05, 4.69) is 13.2 Å². The third-order valence-electron chi connectivity index (χ3n) is 7.71. The van der Waals surface area contributed by atoms with Crippen LogP contribution in [0.3, 0.4) is 0 Å². The lowest BCUT2D eigenvalue weighted by molar-refractivity contribution is 0.0686.